The van der Waals surface area contributed by atoms with Crippen LogP contribution in [0.4, 0.5) is 0 Å². The van der Waals surface area contributed by atoms with Gasteiger partial charge in [-0.2, -0.15) is 0 Å². The highest BCUT2D eigenvalue weighted by molar-refractivity contribution is 4.92. The van der Waals surface area contributed by atoms with E-state index in [2.05, 4.69) is 10.9 Å². The Morgan fingerprint density at radius 3 is 2.25 bits per heavy atom. The van der Waals surface area contributed by atoms with Crippen LogP contribution in [0.5, 0.6) is 0 Å². The number of hydrogen-bond donors (Lipinski definition) is 2. The lowest BCUT2D eigenvalue weighted by Crippen LogP contribution is -2.59. The molecule has 2 aliphatic carbocycles. The molecule has 0 spiro atoms. The van der Waals surface area contributed by atoms with Crippen LogP contribution < -0.4 is 10.9 Å². The minimum Gasteiger partial charge on any atom is -0.257 e. The summed E-state index contributed by atoms with van der Waals surface area (Å²) < 4.78 is 0. The zero-order chi connectivity index (χ0) is 10.8. The predicted octanol–water partition coefficient (Wildman–Crippen LogP) is 2.85. The van der Waals surface area contributed by atoms with Crippen molar-refractivity contribution in [3.05, 3.63) is 0 Å². The van der Waals surface area contributed by atoms with Crippen molar-refractivity contribution in [1.29, 1.82) is 0 Å². The molecule has 3 rings (SSSR count). The van der Waals surface area contributed by atoms with Crippen LogP contribution in [0.25, 0.3) is 0 Å². The van der Waals surface area contributed by atoms with E-state index in [1.54, 1.807) is 0 Å². The lowest BCUT2D eigenvalue weighted by Gasteiger charge is -2.46. The number of hydrazine groups is 1. The molecular formula is C14H26N2. The topological polar surface area (TPSA) is 24.1 Å². The summed E-state index contributed by atoms with van der Waals surface area (Å²) in [6.45, 7) is 1.22. The molecule has 3 atom stereocenters. The molecule has 3 unspecified atom stereocenters. The van der Waals surface area contributed by atoms with Gasteiger partial charge in [-0.1, -0.05) is 32.1 Å². The SMILES string of the molecule is C1CCC(C2NNCC3CCCCC32)CC1. The van der Waals surface area contributed by atoms with Gasteiger partial charge in [0.15, 0.2) is 0 Å². The maximum absolute atomic E-state index is 3.64. The van der Waals surface area contributed by atoms with Crippen molar-refractivity contribution < 1.29 is 0 Å². The van der Waals surface area contributed by atoms with Crippen molar-refractivity contribution in [3.63, 3.8) is 0 Å². The van der Waals surface area contributed by atoms with Crippen molar-refractivity contribution in [3.8, 4) is 0 Å². The van der Waals surface area contributed by atoms with Crippen LogP contribution in [0.1, 0.15) is 57.8 Å². The molecule has 2 heteroatoms. The maximum atomic E-state index is 3.64. The molecular weight excluding hydrogens is 196 g/mol. The Morgan fingerprint density at radius 2 is 1.38 bits per heavy atom. The van der Waals surface area contributed by atoms with Crippen molar-refractivity contribution in [2.75, 3.05) is 6.54 Å². The van der Waals surface area contributed by atoms with Crippen molar-refractivity contribution in [2.45, 2.75) is 63.8 Å². The van der Waals surface area contributed by atoms with Gasteiger partial charge in [0.2, 0.25) is 0 Å². The van der Waals surface area contributed by atoms with E-state index >= 15 is 0 Å². The molecule has 2 N–H and O–H groups in total. The number of hydrogen-bond acceptors (Lipinski definition) is 2. The van der Waals surface area contributed by atoms with E-state index in [4.69, 9.17) is 0 Å². The summed E-state index contributed by atoms with van der Waals surface area (Å²) in [4.78, 5) is 0. The second-order valence-electron chi connectivity index (χ2n) is 6.16. The summed E-state index contributed by atoms with van der Waals surface area (Å²) >= 11 is 0. The Labute approximate surface area is 99.5 Å². The summed E-state index contributed by atoms with van der Waals surface area (Å²) in [5.74, 6) is 2.92. The first-order chi connectivity index (χ1) is 7.95. The summed E-state index contributed by atoms with van der Waals surface area (Å²) in [6.07, 6.45) is 13.3. The average molecular weight is 222 g/mol. The van der Waals surface area contributed by atoms with Crippen LogP contribution in [-0.4, -0.2) is 12.6 Å². The van der Waals surface area contributed by atoms with Crippen LogP contribution in [0.15, 0.2) is 0 Å². The zero-order valence-electron chi connectivity index (χ0n) is 10.4. The first kappa shape index (κ1) is 11.0. The van der Waals surface area contributed by atoms with Crippen molar-refractivity contribution in [1.82, 2.24) is 10.9 Å². The highest BCUT2D eigenvalue weighted by atomic mass is 15.4. The van der Waals surface area contributed by atoms with Gasteiger partial charge in [0.1, 0.15) is 0 Å². The maximum Gasteiger partial charge on any atom is 0.0272 e. The highest BCUT2D eigenvalue weighted by Crippen LogP contribution is 2.39. The molecule has 0 aromatic rings. The standard InChI is InChI=1S/C14H26N2/c1-2-6-11(7-3-1)14-13-9-5-4-8-12(13)10-15-16-14/h11-16H,1-10H2. The van der Waals surface area contributed by atoms with Crippen LogP contribution in [0.2, 0.25) is 0 Å². The molecule has 0 aromatic heterocycles. The number of nitrogens with one attached hydrogen (secondary N) is 2. The summed E-state index contributed by atoms with van der Waals surface area (Å²) in [5, 5.41) is 0. The van der Waals surface area contributed by atoms with Gasteiger partial charge in [-0.15, -0.1) is 0 Å². The van der Waals surface area contributed by atoms with Crippen LogP contribution in [0, 0.1) is 17.8 Å². The minimum atomic E-state index is 0.791. The average Bonchev–Trinajstić information content (AvgIpc) is 2.39. The molecule has 0 amide bonds. The Kier molecular flexibility index (Phi) is 3.49. The second-order valence-corrected chi connectivity index (χ2v) is 6.16. The Balaban J connectivity index is 1.67. The van der Waals surface area contributed by atoms with Gasteiger partial charge in [-0.25, -0.2) is 0 Å². The van der Waals surface area contributed by atoms with Crippen LogP contribution in [-0.2, 0) is 0 Å². The lowest BCUT2D eigenvalue weighted by molar-refractivity contribution is 0.0702. The van der Waals surface area contributed by atoms with Gasteiger partial charge in [-0.05, 0) is 43.4 Å². The first-order valence-corrected chi connectivity index (χ1v) is 7.43. The molecule has 0 aromatic carbocycles. The van der Waals surface area contributed by atoms with Crippen molar-refractivity contribution >= 4 is 0 Å². The van der Waals surface area contributed by atoms with Crippen molar-refractivity contribution in [2.24, 2.45) is 17.8 Å². The third-order valence-electron chi connectivity index (χ3n) is 5.22. The molecule has 3 aliphatic rings. The molecule has 16 heavy (non-hydrogen) atoms. The molecule has 1 aliphatic heterocycles. The van der Waals surface area contributed by atoms with Crippen LogP contribution >= 0.6 is 0 Å². The van der Waals surface area contributed by atoms with E-state index in [-0.39, 0.29) is 0 Å². The largest absolute Gasteiger partial charge is 0.257 e. The second kappa shape index (κ2) is 5.05. The summed E-state index contributed by atoms with van der Waals surface area (Å²) in [5.41, 5.74) is 7.12. The van der Waals surface area contributed by atoms with E-state index < -0.39 is 0 Å². The first-order valence-electron chi connectivity index (χ1n) is 7.43. The fourth-order valence-corrected chi connectivity index (χ4v) is 4.34. The Bertz CT molecular complexity index is 221. The lowest BCUT2D eigenvalue weighted by atomic mass is 9.68. The molecule has 92 valence electrons. The summed E-state index contributed by atoms with van der Waals surface area (Å²) in [6, 6.07) is 0.791. The van der Waals surface area contributed by atoms with Gasteiger partial charge in [0, 0.05) is 12.6 Å². The molecule has 2 saturated carbocycles. The van der Waals surface area contributed by atoms with Gasteiger partial charge < -0.3 is 0 Å². The quantitative estimate of drug-likeness (QED) is 0.713. The van der Waals surface area contributed by atoms with Gasteiger partial charge in [-0.3, -0.25) is 10.9 Å². The molecule has 0 bridgehead atoms. The Hall–Kier alpha value is -0.0800. The third-order valence-corrected chi connectivity index (χ3v) is 5.22. The summed E-state index contributed by atoms with van der Waals surface area (Å²) in [7, 11) is 0. The molecule has 1 saturated heterocycles. The van der Waals surface area contributed by atoms with E-state index in [1.807, 2.05) is 0 Å². The fraction of sp³-hybridized carbons (Fsp3) is 1.00. The molecule has 1 heterocycles. The number of fused-ring (bicyclic) bond motifs is 1. The smallest absolute Gasteiger partial charge is 0.0272 e. The predicted molar refractivity (Wildman–Crippen MR) is 66.9 cm³/mol. The van der Waals surface area contributed by atoms with Gasteiger partial charge >= 0.3 is 0 Å². The van der Waals surface area contributed by atoms with E-state index in [0.29, 0.717) is 0 Å². The monoisotopic (exact) mass is 222 g/mol. The Morgan fingerprint density at radius 1 is 0.688 bits per heavy atom. The van der Waals surface area contributed by atoms with E-state index in [0.717, 1.165) is 23.8 Å². The molecule has 0 radical (unpaired) electrons. The third kappa shape index (κ3) is 2.14. The minimum absolute atomic E-state index is 0.791. The van der Waals surface area contributed by atoms with Gasteiger partial charge in [0.05, 0.1) is 0 Å². The van der Waals surface area contributed by atoms with E-state index in [9.17, 15) is 0 Å². The van der Waals surface area contributed by atoms with E-state index in [1.165, 1.54) is 64.3 Å². The highest BCUT2D eigenvalue weighted by Gasteiger charge is 2.38. The molecule has 2 nitrogen and oxygen atoms in total. The zero-order valence-corrected chi connectivity index (χ0v) is 10.4. The normalized spacial score (nSPS) is 41.6. The van der Waals surface area contributed by atoms with Gasteiger partial charge in [0.25, 0.3) is 0 Å². The van der Waals surface area contributed by atoms with Crippen LogP contribution in [0.3, 0.4) is 0 Å². The number of rotatable bonds is 1. The fourth-order valence-electron chi connectivity index (χ4n) is 4.34. The molecule has 3 fully saturated rings.